The molecule has 1 aliphatic heterocycles. The van der Waals surface area contributed by atoms with Crippen LogP contribution in [0.3, 0.4) is 0 Å². The van der Waals surface area contributed by atoms with Gasteiger partial charge < -0.3 is 10.0 Å². The number of carbonyl (C=O) groups excluding carboxylic acids is 1. The minimum Gasteiger partial charge on any atom is -0.481 e. The summed E-state index contributed by atoms with van der Waals surface area (Å²) in [6, 6.07) is 0.375. The largest absolute Gasteiger partial charge is 0.481 e. The first-order valence-electron chi connectivity index (χ1n) is 7.45. The SMILES string of the molecule is CC(C)(CC(=O)N1CCCC2CCCCC21)C(=O)O. The molecule has 1 saturated carbocycles. The Morgan fingerprint density at radius 3 is 2.47 bits per heavy atom. The van der Waals surface area contributed by atoms with Gasteiger partial charge >= 0.3 is 5.97 Å². The van der Waals surface area contributed by atoms with Gasteiger partial charge in [-0.25, -0.2) is 0 Å². The number of hydrogen-bond acceptors (Lipinski definition) is 2. The van der Waals surface area contributed by atoms with Crippen LogP contribution in [0.25, 0.3) is 0 Å². The Balaban J connectivity index is 2.03. The fraction of sp³-hybridized carbons (Fsp3) is 0.867. The van der Waals surface area contributed by atoms with Gasteiger partial charge in [-0.2, -0.15) is 0 Å². The number of carboxylic acids is 1. The molecule has 1 heterocycles. The normalized spacial score (nSPS) is 27.8. The lowest BCUT2D eigenvalue weighted by molar-refractivity contribution is -0.153. The van der Waals surface area contributed by atoms with Gasteiger partial charge in [0.25, 0.3) is 0 Å². The Labute approximate surface area is 115 Å². The van der Waals surface area contributed by atoms with E-state index in [9.17, 15) is 9.59 Å². The van der Waals surface area contributed by atoms with Crippen LogP contribution < -0.4 is 0 Å². The Hall–Kier alpha value is -1.06. The zero-order chi connectivity index (χ0) is 14.0. The van der Waals surface area contributed by atoms with E-state index in [2.05, 4.69) is 0 Å². The number of fused-ring (bicyclic) bond motifs is 1. The van der Waals surface area contributed by atoms with Crippen LogP contribution in [0.5, 0.6) is 0 Å². The van der Waals surface area contributed by atoms with Gasteiger partial charge in [0, 0.05) is 19.0 Å². The zero-order valence-electron chi connectivity index (χ0n) is 12.0. The highest BCUT2D eigenvalue weighted by Crippen LogP contribution is 2.36. The monoisotopic (exact) mass is 267 g/mol. The molecule has 0 aromatic rings. The van der Waals surface area contributed by atoms with E-state index in [0.29, 0.717) is 12.0 Å². The maximum Gasteiger partial charge on any atom is 0.309 e. The topological polar surface area (TPSA) is 57.6 Å². The van der Waals surface area contributed by atoms with Gasteiger partial charge in [-0.05, 0) is 45.4 Å². The third kappa shape index (κ3) is 3.10. The molecular formula is C15H25NO3. The van der Waals surface area contributed by atoms with E-state index in [0.717, 1.165) is 19.4 Å². The number of carboxylic acid groups (broad SMARTS) is 1. The molecule has 2 rings (SSSR count). The van der Waals surface area contributed by atoms with E-state index in [-0.39, 0.29) is 12.3 Å². The van der Waals surface area contributed by atoms with E-state index in [1.165, 1.54) is 25.7 Å². The van der Waals surface area contributed by atoms with Crippen molar-refractivity contribution in [3.05, 3.63) is 0 Å². The molecule has 2 aliphatic rings. The maximum atomic E-state index is 12.4. The molecule has 0 radical (unpaired) electrons. The van der Waals surface area contributed by atoms with E-state index in [1.807, 2.05) is 4.90 Å². The molecule has 4 heteroatoms. The summed E-state index contributed by atoms with van der Waals surface area (Å²) in [6.07, 6.45) is 7.24. The second-order valence-electron chi connectivity index (χ2n) is 6.71. The first-order chi connectivity index (χ1) is 8.92. The lowest BCUT2D eigenvalue weighted by Crippen LogP contribution is -2.50. The second-order valence-corrected chi connectivity index (χ2v) is 6.71. The van der Waals surface area contributed by atoms with Gasteiger partial charge in [0.15, 0.2) is 0 Å². The van der Waals surface area contributed by atoms with Gasteiger partial charge in [-0.15, -0.1) is 0 Å². The number of nitrogens with zero attached hydrogens (tertiary/aromatic N) is 1. The van der Waals surface area contributed by atoms with E-state index in [4.69, 9.17) is 5.11 Å². The molecule has 2 fully saturated rings. The van der Waals surface area contributed by atoms with Crippen molar-refractivity contribution in [1.82, 2.24) is 4.90 Å². The predicted molar refractivity (Wildman–Crippen MR) is 72.7 cm³/mol. The Kier molecular flexibility index (Phi) is 4.16. The summed E-state index contributed by atoms with van der Waals surface area (Å²) >= 11 is 0. The summed E-state index contributed by atoms with van der Waals surface area (Å²) in [6.45, 7) is 4.08. The smallest absolute Gasteiger partial charge is 0.309 e. The summed E-state index contributed by atoms with van der Waals surface area (Å²) in [5.74, 6) is -0.207. The average molecular weight is 267 g/mol. The molecule has 0 aromatic heterocycles. The number of carbonyl (C=O) groups is 2. The Morgan fingerprint density at radius 1 is 1.16 bits per heavy atom. The molecule has 4 nitrogen and oxygen atoms in total. The summed E-state index contributed by atoms with van der Waals surface area (Å²) in [4.78, 5) is 25.6. The first kappa shape index (κ1) is 14.4. The van der Waals surface area contributed by atoms with Crippen molar-refractivity contribution in [1.29, 1.82) is 0 Å². The summed E-state index contributed by atoms with van der Waals surface area (Å²) in [7, 11) is 0. The van der Waals surface area contributed by atoms with Crippen LogP contribution in [0.15, 0.2) is 0 Å². The van der Waals surface area contributed by atoms with E-state index in [1.54, 1.807) is 13.8 Å². The summed E-state index contributed by atoms with van der Waals surface area (Å²) in [5.41, 5.74) is -0.960. The Morgan fingerprint density at radius 2 is 1.79 bits per heavy atom. The van der Waals surface area contributed by atoms with Crippen LogP contribution in [0.4, 0.5) is 0 Å². The van der Waals surface area contributed by atoms with Crippen molar-refractivity contribution in [3.8, 4) is 0 Å². The van der Waals surface area contributed by atoms with Crippen LogP contribution in [0.2, 0.25) is 0 Å². The molecular weight excluding hydrogens is 242 g/mol. The Bertz CT molecular complexity index is 362. The van der Waals surface area contributed by atoms with Crippen LogP contribution in [0.1, 0.15) is 58.8 Å². The fourth-order valence-corrected chi connectivity index (χ4v) is 3.49. The number of hydrogen-bond donors (Lipinski definition) is 1. The lowest BCUT2D eigenvalue weighted by Gasteiger charge is -2.44. The molecule has 2 unspecified atom stereocenters. The molecule has 1 amide bonds. The number of amides is 1. The number of piperidine rings is 1. The molecule has 0 bridgehead atoms. The molecule has 1 saturated heterocycles. The van der Waals surface area contributed by atoms with Gasteiger partial charge in [-0.3, -0.25) is 9.59 Å². The quantitative estimate of drug-likeness (QED) is 0.855. The summed E-state index contributed by atoms with van der Waals surface area (Å²) < 4.78 is 0. The van der Waals surface area contributed by atoms with Crippen molar-refractivity contribution in [3.63, 3.8) is 0 Å². The van der Waals surface area contributed by atoms with Crippen molar-refractivity contribution in [2.45, 2.75) is 64.8 Å². The molecule has 0 spiro atoms. The minimum atomic E-state index is -0.960. The van der Waals surface area contributed by atoms with Gasteiger partial charge in [0.05, 0.1) is 5.41 Å². The van der Waals surface area contributed by atoms with Crippen molar-refractivity contribution < 1.29 is 14.7 Å². The third-order valence-corrected chi connectivity index (χ3v) is 4.74. The van der Waals surface area contributed by atoms with Crippen LogP contribution in [-0.2, 0) is 9.59 Å². The standard InChI is InChI=1S/C15H25NO3/c1-15(2,14(18)19)10-13(17)16-9-5-7-11-6-3-4-8-12(11)16/h11-12H,3-10H2,1-2H3,(H,18,19). The van der Waals surface area contributed by atoms with Gasteiger partial charge in [-0.1, -0.05) is 12.8 Å². The van der Waals surface area contributed by atoms with Gasteiger partial charge in [0.1, 0.15) is 0 Å². The lowest BCUT2D eigenvalue weighted by atomic mass is 9.77. The van der Waals surface area contributed by atoms with Crippen molar-refractivity contribution in [2.24, 2.45) is 11.3 Å². The zero-order valence-corrected chi connectivity index (χ0v) is 12.0. The molecule has 1 aliphatic carbocycles. The van der Waals surface area contributed by atoms with E-state index < -0.39 is 11.4 Å². The van der Waals surface area contributed by atoms with Crippen LogP contribution >= 0.6 is 0 Å². The fourth-order valence-electron chi connectivity index (χ4n) is 3.49. The van der Waals surface area contributed by atoms with Crippen molar-refractivity contribution >= 4 is 11.9 Å². The predicted octanol–water partition coefficient (Wildman–Crippen LogP) is 2.67. The van der Waals surface area contributed by atoms with Crippen LogP contribution in [-0.4, -0.2) is 34.5 Å². The average Bonchev–Trinajstić information content (AvgIpc) is 2.37. The maximum absolute atomic E-state index is 12.4. The van der Waals surface area contributed by atoms with Crippen LogP contribution in [0, 0.1) is 11.3 Å². The number of aliphatic carboxylic acids is 1. The molecule has 0 aromatic carbocycles. The number of likely N-dealkylation sites (tertiary alicyclic amines) is 1. The third-order valence-electron chi connectivity index (χ3n) is 4.74. The molecule has 1 N–H and O–H groups in total. The van der Waals surface area contributed by atoms with E-state index >= 15 is 0 Å². The molecule has 108 valence electrons. The second kappa shape index (κ2) is 5.51. The molecule has 19 heavy (non-hydrogen) atoms. The number of rotatable bonds is 3. The van der Waals surface area contributed by atoms with Gasteiger partial charge in [0.2, 0.25) is 5.91 Å². The van der Waals surface area contributed by atoms with Crippen molar-refractivity contribution in [2.75, 3.05) is 6.54 Å². The summed E-state index contributed by atoms with van der Waals surface area (Å²) in [5, 5.41) is 9.15. The molecule has 2 atom stereocenters. The first-order valence-corrected chi connectivity index (χ1v) is 7.45. The highest BCUT2D eigenvalue weighted by Gasteiger charge is 2.38. The highest BCUT2D eigenvalue weighted by molar-refractivity contribution is 5.84. The highest BCUT2D eigenvalue weighted by atomic mass is 16.4. The minimum absolute atomic E-state index is 0.0315.